The summed E-state index contributed by atoms with van der Waals surface area (Å²) in [7, 11) is 0. The molecule has 0 saturated heterocycles. The lowest BCUT2D eigenvalue weighted by molar-refractivity contribution is -0.137. The Hall–Kier alpha value is -1.43. The lowest BCUT2D eigenvalue weighted by Crippen LogP contribution is -2.35. The van der Waals surface area contributed by atoms with Crippen molar-refractivity contribution in [1.82, 2.24) is 9.88 Å². The molecular formula is C12H18N2O3S. The van der Waals surface area contributed by atoms with Crippen LogP contribution in [0.25, 0.3) is 0 Å². The maximum Gasteiger partial charge on any atom is 0.323 e. The molecule has 1 aromatic rings. The van der Waals surface area contributed by atoms with Gasteiger partial charge in [-0.15, -0.1) is 11.3 Å². The Labute approximate surface area is 110 Å². The Bertz CT molecular complexity index is 417. The van der Waals surface area contributed by atoms with Gasteiger partial charge in [-0.25, -0.2) is 4.98 Å². The predicted molar refractivity (Wildman–Crippen MR) is 69.9 cm³/mol. The molecule has 1 rings (SSSR count). The molecule has 1 N–H and O–H groups in total. The molecule has 0 atom stereocenters. The van der Waals surface area contributed by atoms with Crippen LogP contribution in [0, 0.1) is 0 Å². The van der Waals surface area contributed by atoms with Crippen LogP contribution in [0.4, 0.5) is 0 Å². The van der Waals surface area contributed by atoms with Crippen molar-refractivity contribution in [3.63, 3.8) is 0 Å². The highest BCUT2D eigenvalue weighted by molar-refractivity contribution is 7.13. The largest absolute Gasteiger partial charge is 0.480 e. The standard InChI is InChI=1S/C12H18N2O3S/c1-3-5-10-13-7-9(18-10)12(17)14(6-4-2)8-11(15)16/h7H,3-6,8H2,1-2H3,(H,15,16). The van der Waals surface area contributed by atoms with Crippen LogP contribution >= 0.6 is 11.3 Å². The average Bonchev–Trinajstić information content (AvgIpc) is 2.76. The van der Waals surface area contributed by atoms with E-state index in [4.69, 9.17) is 5.11 Å². The summed E-state index contributed by atoms with van der Waals surface area (Å²) in [6.45, 7) is 4.16. The average molecular weight is 270 g/mol. The van der Waals surface area contributed by atoms with E-state index in [0.717, 1.165) is 24.3 Å². The van der Waals surface area contributed by atoms with Crippen LogP contribution in [0.15, 0.2) is 6.20 Å². The Balaban J connectivity index is 2.77. The second kappa shape index (κ2) is 7.10. The highest BCUT2D eigenvalue weighted by atomic mass is 32.1. The van der Waals surface area contributed by atoms with E-state index in [1.807, 2.05) is 6.92 Å². The number of hydrogen-bond donors (Lipinski definition) is 1. The highest BCUT2D eigenvalue weighted by Crippen LogP contribution is 2.16. The second-order valence-electron chi connectivity index (χ2n) is 3.99. The molecule has 1 heterocycles. The van der Waals surface area contributed by atoms with Crippen molar-refractivity contribution in [1.29, 1.82) is 0 Å². The van der Waals surface area contributed by atoms with E-state index in [2.05, 4.69) is 11.9 Å². The molecule has 0 radical (unpaired) electrons. The fraction of sp³-hybridized carbons (Fsp3) is 0.583. The SMILES string of the molecule is CCCc1ncc(C(=O)N(CCC)CC(=O)O)s1. The molecule has 0 aliphatic rings. The maximum atomic E-state index is 12.1. The fourth-order valence-electron chi connectivity index (χ4n) is 1.58. The number of hydrogen-bond acceptors (Lipinski definition) is 4. The van der Waals surface area contributed by atoms with Crippen molar-refractivity contribution in [2.45, 2.75) is 33.1 Å². The minimum absolute atomic E-state index is 0.237. The Morgan fingerprint density at radius 1 is 1.39 bits per heavy atom. The van der Waals surface area contributed by atoms with Gasteiger partial charge in [0, 0.05) is 6.54 Å². The summed E-state index contributed by atoms with van der Waals surface area (Å²) >= 11 is 1.35. The van der Waals surface area contributed by atoms with Crippen molar-refractivity contribution < 1.29 is 14.7 Å². The van der Waals surface area contributed by atoms with Gasteiger partial charge in [0.05, 0.1) is 11.2 Å². The number of aliphatic carboxylic acids is 1. The second-order valence-corrected chi connectivity index (χ2v) is 5.10. The monoisotopic (exact) mass is 270 g/mol. The maximum absolute atomic E-state index is 12.1. The molecule has 0 aromatic carbocycles. The molecule has 0 saturated carbocycles. The van der Waals surface area contributed by atoms with Gasteiger partial charge in [0.15, 0.2) is 0 Å². The number of nitrogens with zero attached hydrogens (tertiary/aromatic N) is 2. The quantitative estimate of drug-likeness (QED) is 0.823. The molecule has 18 heavy (non-hydrogen) atoms. The normalized spacial score (nSPS) is 10.3. The van der Waals surface area contributed by atoms with E-state index in [1.54, 1.807) is 6.20 Å². The summed E-state index contributed by atoms with van der Waals surface area (Å²) in [5.41, 5.74) is 0. The molecular weight excluding hydrogens is 252 g/mol. The zero-order valence-corrected chi connectivity index (χ0v) is 11.5. The molecule has 1 amide bonds. The van der Waals surface area contributed by atoms with Crippen molar-refractivity contribution in [2.75, 3.05) is 13.1 Å². The Morgan fingerprint density at radius 2 is 2.11 bits per heavy atom. The van der Waals surface area contributed by atoms with Gasteiger partial charge in [-0.3, -0.25) is 9.59 Å². The third kappa shape index (κ3) is 4.10. The van der Waals surface area contributed by atoms with Crippen LogP contribution in [0.3, 0.4) is 0 Å². The first-order chi connectivity index (χ1) is 8.58. The van der Waals surface area contributed by atoms with Gasteiger partial charge >= 0.3 is 5.97 Å². The number of carbonyl (C=O) groups excluding carboxylic acids is 1. The lowest BCUT2D eigenvalue weighted by Gasteiger charge is -2.18. The highest BCUT2D eigenvalue weighted by Gasteiger charge is 2.19. The third-order valence-electron chi connectivity index (χ3n) is 2.34. The number of aryl methyl sites for hydroxylation is 1. The van der Waals surface area contributed by atoms with Gasteiger partial charge in [0.2, 0.25) is 0 Å². The predicted octanol–water partition coefficient (Wildman–Crippen LogP) is 2.03. The molecule has 0 unspecified atom stereocenters. The molecule has 1 aromatic heterocycles. The van der Waals surface area contributed by atoms with E-state index >= 15 is 0 Å². The summed E-state index contributed by atoms with van der Waals surface area (Å²) in [5.74, 6) is -1.23. The zero-order chi connectivity index (χ0) is 13.5. The number of amides is 1. The van der Waals surface area contributed by atoms with Crippen LogP contribution in [0.2, 0.25) is 0 Å². The molecule has 0 bridgehead atoms. The van der Waals surface area contributed by atoms with Gasteiger partial charge in [-0.1, -0.05) is 13.8 Å². The molecule has 0 aliphatic heterocycles. The number of rotatable bonds is 7. The van der Waals surface area contributed by atoms with Gasteiger partial charge in [0.25, 0.3) is 5.91 Å². The summed E-state index contributed by atoms with van der Waals surface area (Å²) in [5, 5.41) is 9.71. The summed E-state index contributed by atoms with van der Waals surface area (Å²) in [6, 6.07) is 0. The summed E-state index contributed by atoms with van der Waals surface area (Å²) in [6.07, 6.45) is 4.11. The number of aromatic nitrogens is 1. The minimum Gasteiger partial charge on any atom is -0.480 e. The van der Waals surface area contributed by atoms with Crippen molar-refractivity contribution in [2.24, 2.45) is 0 Å². The summed E-state index contributed by atoms with van der Waals surface area (Å²) < 4.78 is 0. The Morgan fingerprint density at radius 3 is 2.67 bits per heavy atom. The fourth-order valence-corrected chi connectivity index (χ4v) is 2.57. The van der Waals surface area contributed by atoms with Crippen LogP contribution < -0.4 is 0 Å². The lowest BCUT2D eigenvalue weighted by atomic mass is 10.3. The van der Waals surface area contributed by atoms with E-state index in [0.29, 0.717) is 11.4 Å². The number of carboxylic acids is 1. The zero-order valence-electron chi connectivity index (χ0n) is 10.7. The van der Waals surface area contributed by atoms with Crippen LogP contribution in [0.1, 0.15) is 41.4 Å². The number of thiazole rings is 1. The van der Waals surface area contributed by atoms with Gasteiger partial charge in [-0.05, 0) is 19.3 Å². The van der Waals surface area contributed by atoms with Gasteiger partial charge < -0.3 is 10.0 Å². The van der Waals surface area contributed by atoms with Crippen LogP contribution in [0.5, 0.6) is 0 Å². The molecule has 5 nitrogen and oxygen atoms in total. The van der Waals surface area contributed by atoms with E-state index in [1.165, 1.54) is 16.2 Å². The van der Waals surface area contributed by atoms with Crippen LogP contribution in [-0.2, 0) is 11.2 Å². The molecule has 0 fully saturated rings. The van der Waals surface area contributed by atoms with E-state index < -0.39 is 5.97 Å². The van der Waals surface area contributed by atoms with Crippen LogP contribution in [-0.4, -0.2) is 40.0 Å². The minimum atomic E-state index is -0.991. The van der Waals surface area contributed by atoms with Crippen molar-refractivity contribution >= 4 is 23.2 Å². The van der Waals surface area contributed by atoms with Crippen molar-refractivity contribution in [3.8, 4) is 0 Å². The Kier molecular flexibility index (Phi) is 5.77. The molecule has 6 heteroatoms. The van der Waals surface area contributed by atoms with E-state index in [9.17, 15) is 9.59 Å². The summed E-state index contributed by atoms with van der Waals surface area (Å²) in [4.78, 5) is 28.9. The first-order valence-corrected chi connectivity index (χ1v) is 6.85. The molecule has 0 spiro atoms. The molecule has 0 aliphatic carbocycles. The number of carbonyl (C=O) groups is 2. The molecule has 100 valence electrons. The first-order valence-electron chi connectivity index (χ1n) is 6.04. The third-order valence-corrected chi connectivity index (χ3v) is 3.38. The topological polar surface area (TPSA) is 70.5 Å². The smallest absolute Gasteiger partial charge is 0.323 e. The van der Waals surface area contributed by atoms with Gasteiger partial charge in [0.1, 0.15) is 11.4 Å². The van der Waals surface area contributed by atoms with E-state index in [-0.39, 0.29) is 12.5 Å². The first kappa shape index (κ1) is 14.6. The van der Waals surface area contributed by atoms with Crippen molar-refractivity contribution in [3.05, 3.63) is 16.1 Å². The number of carboxylic acid groups (broad SMARTS) is 1. The van der Waals surface area contributed by atoms with Gasteiger partial charge in [-0.2, -0.15) is 0 Å².